The number of amides is 3. The predicted molar refractivity (Wildman–Crippen MR) is 305 cm³/mol. The average molecular weight is 1160 g/mol. The van der Waals surface area contributed by atoms with Crippen molar-refractivity contribution in [3.05, 3.63) is 82.6 Å². The maximum absolute atomic E-state index is 15.8. The number of fused-ring (bicyclic) bond motifs is 6. The zero-order valence-electron chi connectivity index (χ0n) is 49.5. The van der Waals surface area contributed by atoms with E-state index in [1.165, 1.54) is 21.1 Å². The van der Waals surface area contributed by atoms with Crippen LogP contribution in [0.1, 0.15) is 108 Å². The van der Waals surface area contributed by atoms with Crippen LogP contribution in [0.25, 0.3) is 10.9 Å². The van der Waals surface area contributed by atoms with E-state index in [1.807, 2.05) is 74.3 Å². The fourth-order valence-corrected chi connectivity index (χ4v) is 16.7. The molecule has 6 aliphatic heterocycles. The Morgan fingerprint density at radius 3 is 2.32 bits per heavy atom. The summed E-state index contributed by atoms with van der Waals surface area (Å²) < 4.78 is 24.5. The first-order chi connectivity index (χ1) is 40.0. The number of aromatic amines is 1. The number of likely N-dealkylation sites (tertiary alicyclic amines) is 1. The van der Waals surface area contributed by atoms with E-state index in [2.05, 4.69) is 33.5 Å². The van der Waals surface area contributed by atoms with E-state index < -0.39 is 112 Å². The number of hydrogen-bond donors (Lipinski definition) is 6. The molecule has 1 aromatic heterocycles. The molecule has 13 atom stereocenters. The van der Waals surface area contributed by atoms with E-state index in [-0.39, 0.29) is 42.4 Å². The molecule has 3 aromatic rings. The summed E-state index contributed by atoms with van der Waals surface area (Å²) in [5.41, 5.74) is -1.03. The second-order valence-electron chi connectivity index (χ2n) is 24.6. The van der Waals surface area contributed by atoms with Gasteiger partial charge in [0, 0.05) is 89.3 Å². The summed E-state index contributed by atoms with van der Waals surface area (Å²) in [7, 11) is 5.96. The fraction of sp³-hybridized carbons (Fsp3) is 0.581. The Kier molecular flexibility index (Phi) is 15.9. The Hall–Kier alpha value is -7.30. The number of rotatable bonds is 18. The van der Waals surface area contributed by atoms with Crippen LogP contribution >= 0.6 is 0 Å². The number of likely N-dealkylation sites (N-methyl/N-ethyl adjacent to an activating group) is 1. The first-order valence-electron chi connectivity index (χ1n) is 29.4. The van der Waals surface area contributed by atoms with Gasteiger partial charge < -0.3 is 64.2 Å². The number of para-hydroxylation sites is 1. The van der Waals surface area contributed by atoms with Crippen LogP contribution < -0.4 is 20.3 Å². The third kappa shape index (κ3) is 9.14. The van der Waals surface area contributed by atoms with Crippen LogP contribution in [-0.2, 0) is 69.9 Å². The monoisotopic (exact) mass is 1160 g/mol. The third-order valence-electron chi connectivity index (χ3n) is 20.2. The summed E-state index contributed by atoms with van der Waals surface area (Å²) in [6.45, 7) is 11.4. The van der Waals surface area contributed by atoms with Crippen LogP contribution in [0.4, 0.5) is 5.69 Å². The highest BCUT2D eigenvalue weighted by molar-refractivity contribution is 5.96. The van der Waals surface area contributed by atoms with Gasteiger partial charge in [-0.15, -0.1) is 0 Å². The molecule has 2 aromatic carbocycles. The number of carboxylic acids is 2. The predicted octanol–water partition coefficient (Wildman–Crippen LogP) is 3.83. The molecule has 1 aliphatic carbocycles. The molecular formula is C62H80N7O15+. The van der Waals surface area contributed by atoms with Gasteiger partial charge in [-0.05, 0) is 74.3 Å². The highest BCUT2D eigenvalue weighted by atomic mass is 16.6. The Labute approximate surface area is 488 Å². The molecule has 3 amide bonds. The first-order valence-corrected chi connectivity index (χ1v) is 29.4. The maximum Gasteiger partial charge on any atom is 0.344 e. The third-order valence-corrected chi connectivity index (χ3v) is 20.2. The van der Waals surface area contributed by atoms with Crippen molar-refractivity contribution in [2.45, 2.75) is 145 Å². The van der Waals surface area contributed by atoms with Crippen molar-refractivity contribution in [1.29, 1.82) is 0 Å². The lowest BCUT2D eigenvalue weighted by molar-refractivity contribution is -0.934. The molecular weight excluding hydrogens is 1080 g/mol. The average Bonchev–Trinajstić information content (AvgIpc) is 1.50. The van der Waals surface area contributed by atoms with E-state index >= 15 is 9.59 Å². The number of benzene rings is 2. The van der Waals surface area contributed by atoms with Crippen LogP contribution in [0.3, 0.4) is 0 Å². The van der Waals surface area contributed by atoms with Crippen LogP contribution in [0.2, 0.25) is 0 Å². The Bertz CT molecular complexity index is 3270. The van der Waals surface area contributed by atoms with Crippen molar-refractivity contribution < 1.29 is 77.1 Å². The van der Waals surface area contributed by atoms with Crippen molar-refractivity contribution >= 4 is 64.2 Å². The lowest BCUT2D eigenvalue weighted by Crippen LogP contribution is -2.81. The SMILES string of the molecule is CCC1=C[C@H]2C[C@](C(=O)OC)(c3cc4c(cc3OC)N(C)[C@H]3[C@@](O)(C(=O)OC)[C@H](OC(C)=O)[C@]5(CC)C=CCN6CC[C@]43[C@@H]65)c3[nH]c4ccccc4c3C[N@@+](CC(=O)N3CCC[C@H]3C(=O)N[C@H](C(=O)N[C@@H](CC(=O)O)C(=O)O)[C@@H](C)CC)(C1)C2. The van der Waals surface area contributed by atoms with Gasteiger partial charge in [-0.25, -0.2) is 9.59 Å². The minimum atomic E-state index is -2.40. The Morgan fingerprint density at radius 1 is 0.929 bits per heavy atom. The number of nitrogens with one attached hydrogen (secondary N) is 3. The van der Waals surface area contributed by atoms with Crippen LogP contribution in [0.5, 0.6) is 5.75 Å². The molecule has 452 valence electrons. The van der Waals surface area contributed by atoms with Crippen LogP contribution in [0.15, 0.2) is 60.2 Å². The smallest absolute Gasteiger partial charge is 0.344 e. The highest BCUT2D eigenvalue weighted by Gasteiger charge is 2.80. The van der Waals surface area contributed by atoms with Gasteiger partial charge in [0.05, 0.1) is 40.3 Å². The molecule has 0 radical (unpaired) electrons. The van der Waals surface area contributed by atoms with Gasteiger partial charge in [0.2, 0.25) is 17.4 Å². The van der Waals surface area contributed by atoms with Gasteiger partial charge >= 0.3 is 29.8 Å². The molecule has 1 spiro atoms. The number of esters is 3. The maximum atomic E-state index is 15.8. The quantitative estimate of drug-likeness (QED) is 0.0457. The van der Waals surface area contributed by atoms with Crippen molar-refractivity contribution in [2.24, 2.45) is 17.3 Å². The minimum absolute atomic E-state index is 0.0199. The number of carboxylic acid groups (broad SMARTS) is 2. The van der Waals surface area contributed by atoms with Crippen molar-refractivity contribution in [3.8, 4) is 5.75 Å². The fourth-order valence-electron chi connectivity index (χ4n) is 16.7. The molecule has 0 unspecified atom stereocenters. The number of quaternary nitrogens is 1. The van der Waals surface area contributed by atoms with Crippen molar-refractivity contribution in [2.75, 3.05) is 72.5 Å². The van der Waals surface area contributed by atoms with Gasteiger partial charge in [-0.1, -0.05) is 70.5 Å². The summed E-state index contributed by atoms with van der Waals surface area (Å²) >= 11 is 0. The molecule has 1 saturated carbocycles. The topological polar surface area (TPSA) is 284 Å². The van der Waals surface area contributed by atoms with E-state index in [4.69, 9.17) is 18.9 Å². The summed E-state index contributed by atoms with van der Waals surface area (Å²) in [6.07, 6.45) is 6.92. The number of aliphatic hydroxyl groups is 1. The number of ether oxygens (including phenoxy) is 4. The molecule has 2 bridgehead atoms. The zero-order valence-corrected chi connectivity index (χ0v) is 49.5. The number of methoxy groups -OCH3 is 3. The molecule has 7 aliphatic rings. The molecule has 10 rings (SSSR count). The van der Waals surface area contributed by atoms with E-state index in [0.29, 0.717) is 87.4 Å². The number of carbonyl (C=O) groups is 8. The highest BCUT2D eigenvalue weighted by Crippen LogP contribution is 2.68. The van der Waals surface area contributed by atoms with Crippen LogP contribution in [0, 0.1) is 17.3 Å². The van der Waals surface area contributed by atoms with Crippen molar-refractivity contribution in [3.63, 3.8) is 0 Å². The number of nitrogens with zero attached hydrogens (tertiary/aromatic N) is 4. The number of hydrogen-bond acceptors (Lipinski definition) is 15. The van der Waals surface area contributed by atoms with Gasteiger partial charge in [-0.2, -0.15) is 0 Å². The Morgan fingerprint density at radius 2 is 1.67 bits per heavy atom. The Balaban J connectivity index is 1.09. The minimum Gasteiger partial charge on any atom is -0.496 e. The molecule has 7 heterocycles. The molecule has 2 saturated heterocycles. The molecule has 22 heteroatoms. The standard InChI is InChI=1S/C62H79N7O15/c1-10-34(4)49(52(75)64-43(53(76)77)27-48(72)73)65-51(74)44-19-15-23-68(44)47(71)33-69-30-36(11-2)25-37(31-69)29-61(57(78)82-8,50-39(32-69)38-17-13-14-18-42(38)63-50)41-26-40-45(28-46(41)81-7)66(6)55-60(40)21-24-67-22-16-20-59(12-3,54(60)67)56(84-35(5)70)62(55,80)58(79)83-9/h13-14,16-18,20,25-26,28,34,37,43-44,49,54-56,63,80H,10-12,15,19,21-24,27,29-33H2,1-9H3,(H3-,64,65,72,73,74,75,76,77)/p+1/t34-,37-,43-,44-,49-,54-,55+,56+,59+,60+,61-,62-,69+/m0/s1. The summed E-state index contributed by atoms with van der Waals surface area (Å²) in [5, 5.41) is 38.5. The van der Waals surface area contributed by atoms with Crippen LogP contribution in [-0.4, -0.2) is 192 Å². The first kappa shape index (κ1) is 59.8. The van der Waals surface area contributed by atoms with Gasteiger partial charge in [0.15, 0.2) is 12.6 Å². The van der Waals surface area contributed by atoms with Gasteiger partial charge in [0.1, 0.15) is 42.4 Å². The van der Waals surface area contributed by atoms with Gasteiger partial charge in [0.25, 0.3) is 5.91 Å². The van der Waals surface area contributed by atoms with E-state index in [0.717, 1.165) is 27.6 Å². The molecule has 3 fully saturated rings. The number of aromatic nitrogens is 1. The molecule has 6 N–H and O–H groups in total. The second-order valence-corrected chi connectivity index (χ2v) is 24.6. The summed E-state index contributed by atoms with van der Waals surface area (Å²) in [5.74, 6) is -7.30. The van der Waals surface area contributed by atoms with Crippen molar-refractivity contribution in [1.82, 2.24) is 25.4 Å². The summed E-state index contributed by atoms with van der Waals surface area (Å²) in [6, 6.07) is 6.37. The second kappa shape index (κ2) is 22.3. The largest absolute Gasteiger partial charge is 0.496 e. The number of carbonyl (C=O) groups excluding carboxylic acids is 6. The zero-order chi connectivity index (χ0) is 60.6. The number of anilines is 1. The van der Waals surface area contributed by atoms with E-state index in [9.17, 15) is 44.1 Å². The summed E-state index contributed by atoms with van der Waals surface area (Å²) in [4.78, 5) is 120. The van der Waals surface area contributed by atoms with E-state index in [1.54, 1.807) is 18.9 Å². The number of aliphatic carboxylic acids is 2. The van der Waals surface area contributed by atoms with Gasteiger partial charge in [-0.3, -0.25) is 33.7 Å². The number of H-pyrrole nitrogens is 1. The molecule has 22 nitrogen and oxygen atoms in total. The normalized spacial score (nSPS) is 31.1. The lowest BCUT2D eigenvalue weighted by atomic mass is 9.47. The lowest BCUT2D eigenvalue weighted by Gasteiger charge is -2.63. The molecule has 84 heavy (non-hydrogen) atoms.